The molecule has 0 unspecified atom stereocenters. The molecule has 3 aromatic carbocycles. The average molecular weight is 340 g/mol. The number of anilines is 2. The molecule has 0 aliphatic carbocycles. The molecule has 0 bridgehead atoms. The lowest BCUT2D eigenvalue weighted by Gasteiger charge is -2.43. The maximum Gasteiger partial charge on any atom is 0.0445 e. The van der Waals surface area contributed by atoms with Gasteiger partial charge in [-0.25, -0.2) is 0 Å². The first-order valence-electron chi connectivity index (χ1n) is 9.59. The van der Waals surface area contributed by atoms with E-state index in [1.807, 2.05) is 0 Å². The fourth-order valence-electron chi connectivity index (χ4n) is 4.88. The smallest absolute Gasteiger partial charge is 0.0445 e. The first-order valence-corrected chi connectivity index (χ1v) is 9.59. The highest BCUT2D eigenvalue weighted by atomic mass is 15.1. The molecule has 0 saturated heterocycles. The zero-order valence-corrected chi connectivity index (χ0v) is 14.9. The molecule has 5 rings (SSSR count). The fourth-order valence-corrected chi connectivity index (χ4v) is 4.88. The van der Waals surface area contributed by atoms with E-state index in [2.05, 4.69) is 77.7 Å². The second kappa shape index (κ2) is 6.21. The standard InChI is InChI=1S/C24H24N2/c25-19-15-22-20(17-7-3-1-4-8-17)11-13-26-14-12-21(23(16-19)24(22)26)18-9-5-2-6-10-18/h1-10,15-16,20-21H,11-14,25H2/t20-,21-/m1/s1. The Labute approximate surface area is 155 Å². The third-order valence-electron chi connectivity index (χ3n) is 6.04. The van der Waals surface area contributed by atoms with Gasteiger partial charge in [-0.2, -0.15) is 0 Å². The van der Waals surface area contributed by atoms with E-state index in [-0.39, 0.29) is 0 Å². The third kappa shape index (κ3) is 2.48. The topological polar surface area (TPSA) is 29.3 Å². The van der Waals surface area contributed by atoms with Crippen molar-refractivity contribution in [2.75, 3.05) is 23.7 Å². The van der Waals surface area contributed by atoms with E-state index in [4.69, 9.17) is 5.73 Å². The molecule has 2 nitrogen and oxygen atoms in total. The number of nitrogens with two attached hydrogens (primary N) is 1. The van der Waals surface area contributed by atoms with Gasteiger partial charge in [0.05, 0.1) is 0 Å². The summed E-state index contributed by atoms with van der Waals surface area (Å²) in [4.78, 5) is 2.59. The Morgan fingerprint density at radius 2 is 1.15 bits per heavy atom. The second-order valence-electron chi connectivity index (χ2n) is 7.54. The summed E-state index contributed by atoms with van der Waals surface area (Å²) in [6.07, 6.45) is 2.33. The Bertz CT molecular complexity index is 845. The van der Waals surface area contributed by atoms with Gasteiger partial charge >= 0.3 is 0 Å². The molecular formula is C24H24N2. The fraction of sp³-hybridized carbons (Fsp3) is 0.250. The first kappa shape index (κ1) is 15.5. The number of hydrogen-bond acceptors (Lipinski definition) is 2. The van der Waals surface area contributed by atoms with Crippen molar-refractivity contribution in [2.45, 2.75) is 24.7 Å². The first-order chi connectivity index (χ1) is 12.8. The summed E-state index contributed by atoms with van der Waals surface area (Å²) in [5.74, 6) is 0.887. The van der Waals surface area contributed by atoms with Gasteiger partial charge in [-0.3, -0.25) is 0 Å². The molecule has 130 valence electrons. The van der Waals surface area contributed by atoms with Crippen LogP contribution >= 0.6 is 0 Å². The van der Waals surface area contributed by atoms with Crippen LogP contribution in [0, 0.1) is 0 Å². The summed E-state index contributed by atoms with van der Waals surface area (Å²) in [7, 11) is 0. The lowest BCUT2D eigenvalue weighted by Crippen LogP contribution is -2.37. The van der Waals surface area contributed by atoms with Crippen LogP contribution in [0.5, 0.6) is 0 Å². The maximum absolute atomic E-state index is 6.39. The minimum absolute atomic E-state index is 0.444. The normalized spacial score (nSPS) is 21.3. The van der Waals surface area contributed by atoms with Gasteiger partial charge in [0.1, 0.15) is 0 Å². The molecule has 26 heavy (non-hydrogen) atoms. The molecule has 3 aromatic rings. The number of benzene rings is 3. The van der Waals surface area contributed by atoms with Crippen molar-refractivity contribution in [3.63, 3.8) is 0 Å². The van der Waals surface area contributed by atoms with E-state index in [0.29, 0.717) is 11.8 Å². The van der Waals surface area contributed by atoms with E-state index in [9.17, 15) is 0 Å². The number of nitrogen functional groups attached to an aromatic ring is 1. The largest absolute Gasteiger partial charge is 0.399 e. The van der Waals surface area contributed by atoms with Gasteiger partial charge in [-0.1, -0.05) is 60.7 Å². The van der Waals surface area contributed by atoms with E-state index >= 15 is 0 Å². The quantitative estimate of drug-likeness (QED) is 0.654. The molecule has 0 aromatic heterocycles. The highest BCUT2D eigenvalue weighted by molar-refractivity contribution is 5.72. The minimum Gasteiger partial charge on any atom is -0.399 e. The summed E-state index contributed by atoms with van der Waals surface area (Å²) in [5, 5.41) is 0. The third-order valence-corrected chi connectivity index (χ3v) is 6.04. The van der Waals surface area contributed by atoms with Crippen LogP contribution in [-0.2, 0) is 0 Å². The summed E-state index contributed by atoms with van der Waals surface area (Å²) in [5.41, 5.74) is 14.4. The summed E-state index contributed by atoms with van der Waals surface area (Å²) < 4.78 is 0. The number of nitrogens with zero attached hydrogens (tertiary/aromatic N) is 1. The van der Waals surface area contributed by atoms with Crippen LogP contribution in [0.4, 0.5) is 11.4 Å². The lowest BCUT2D eigenvalue weighted by atomic mass is 9.76. The van der Waals surface area contributed by atoms with Gasteiger partial charge in [0.2, 0.25) is 0 Å². The second-order valence-corrected chi connectivity index (χ2v) is 7.54. The van der Waals surface area contributed by atoms with Crippen LogP contribution in [0.1, 0.15) is 46.9 Å². The van der Waals surface area contributed by atoms with Crippen molar-refractivity contribution in [2.24, 2.45) is 0 Å². The highest BCUT2D eigenvalue weighted by Gasteiger charge is 2.34. The maximum atomic E-state index is 6.39. The van der Waals surface area contributed by atoms with Crippen LogP contribution in [-0.4, -0.2) is 13.1 Å². The average Bonchev–Trinajstić information content (AvgIpc) is 2.69. The molecule has 0 fully saturated rings. The zero-order valence-electron chi connectivity index (χ0n) is 14.9. The molecule has 2 N–H and O–H groups in total. The monoisotopic (exact) mass is 340 g/mol. The lowest BCUT2D eigenvalue weighted by molar-refractivity contribution is 0.571. The Morgan fingerprint density at radius 3 is 1.62 bits per heavy atom. The minimum atomic E-state index is 0.444. The van der Waals surface area contributed by atoms with Crippen LogP contribution in [0.25, 0.3) is 0 Å². The Hall–Kier alpha value is -2.74. The summed E-state index contributed by atoms with van der Waals surface area (Å²) in [6, 6.07) is 26.2. The molecule has 2 aliphatic rings. The Morgan fingerprint density at radius 1 is 0.692 bits per heavy atom. The molecule has 2 atom stereocenters. The molecule has 2 aliphatic heterocycles. The number of rotatable bonds is 2. The van der Waals surface area contributed by atoms with Gasteiger partial charge in [0, 0.05) is 36.3 Å². The Balaban J connectivity index is 1.68. The van der Waals surface area contributed by atoms with Gasteiger partial charge in [-0.05, 0) is 47.2 Å². The summed E-state index contributed by atoms with van der Waals surface area (Å²) >= 11 is 0. The molecule has 0 saturated carbocycles. The Kier molecular flexibility index (Phi) is 3.70. The van der Waals surface area contributed by atoms with Crippen LogP contribution in [0.3, 0.4) is 0 Å². The van der Waals surface area contributed by atoms with Gasteiger partial charge in [-0.15, -0.1) is 0 Å². The molecular weight excluding hydrogens is 316 g/mol. The van der Waals surface area contributed by atoms with Gasteiger partial charge in [0.25, 0.3) is 0 Å². The van der Waals surface area contributed by atoms with Gasteiger partial charge in [0.15, 0.2) is 0 Å². The van der Waals surface area contributed by atoms with Gasteiger partial charge < -0.3 is 10.6 Å². The van der Waals surface area contributed by atoms with Crippen LogP contribution in [0.15, 0.2) is 72.8 Å². The van der Waals surface area contributed by atoms with E-state index in [1.54, 1.807) is 0 Å². The number of hydrogen-bond donors (Lipinski definition) is 1. The van der Waals surface area contributed by atoms with Crippen LogP contribution in [0.2, 0.25) is 0 Å². The molecule has 2 heteroatoms. The van der Waals surface area contributed by atoms with Crippen LogP contribution < -0.4 is 10.6 Å². The zero-order chi connectivity index (χ0) is 17.5. The van der Waals surface area contributed by atoms with Crippen molar-refractivity contribution >= 4 is 11.4 Å². The van der Waals surface area contributed by atoms with Crippen molar-refractivity contribution in [1.29, 1.82) is 0 Å². The van der Waals surface area contributed by atoms with E-state index in [1.165, 1.54) is 27.9 Å². The predicted octanol–water partition coefficient (Wildman–Crippen LogP) is 5.15. The van der Waals surface area contributed by atoms with E-state index < -0.39 is 0 Å². The van der Waals surface area contributed by atoms with E-state index in [0.717, 1.165) is 31.6 Å². The van der Waals surface area contributed by atoms with Crippen molar-refractivity contribution in [1.82, 2.24) is 0 Å². The molecule has 0 spiro atoms. The SMILES string of the molecule is Nc1cc2c3c(c1)[C@@H](c1ccccc1)CCN3CC[C@@H]2c1ccccc1. The van der Waals surface area contributed by atoms with Crippen molar-refractivity contribution in [3.05, 3.63) is 95.1 Å². The summed E-state index contributed by atoms with van der Waals surface area (Å²) in [6.45, 7) is 2.26. The molecule has 0 radical (unpaired) electrons. The van der Waals surface area contributed by atoms with Crippen molar-refractivity contribution < 1.29 is 0 Å². The predicted molar refractivity (Wildman–Crippen MR) is 109 cm³/mol. The molecule has 0 amide bonds. The molecule has 2 heterocycles. The highest BCUT2D eigenvalue weighted by Crippen LogP contribution is 2.49. The van der Waals surface area contributed by atoms with Crippen molar-refractivity contribution in [3.8, 4) is 0 Å².